The molecule has 0 spiro atoms. The van der Waals surface area contributed by atoms with Crippen LogP contribution in [0.5, 0.6) is 0 Å². The predicted molar refractivity (Wildman–Crippen MR) is 91.4 cm³/mol. The third-order valence-corrected chi connectivity index (χ3v) is 4.16. The number of hydrogen-bond acceptors (Lipinski definition) is 5. The highest BCUT2D eigenvalue weighted by Gasteiger charge is 2.40. The monoisotopic (exact) mass is 336 g/mol. The van der Waals surface area contributed by atoms with Gasteiger partial charge in [-0.2, -0.15) is 0 Å². The Hall–Kier alpha value is -1.91. The lowest BCUT2D eigenvalue weighted by atomic mass is 9.84. The summed E-state index contributed by atoms with van der Waals surface area (Å²) in [5.41, 5.74) is -0.493. The van der Waals surface area contributed by atoms with Crippen LogP contribution in [0.3, 0.4) is 0 Å². The molecule has 24 heavy (non-hydrogen) atoms. The third kappa shape index (κ3) is 6.69. The van der Waals surface area contributed by atoms with Crippen molar-refractivity contribution in [2.24, 2.45) is 0 Å². The molecule has 1 atom stereocenters. The van der Waals surface area contributed by atoms with Gasteiger partial charge >= 0.3 is 5.97 Å². The Morgan fingerprint density at radius 3 is 2.38 bits per heavy atom. The largest absolute Gasteiger partial charge is 0.468 e. The Labute approximate surface area is 144 Å². The summed E-state index contributed by atoms with van der Waals surface area (Å²) in [5, 5.41) is 0. The molecule has 0 aliphatic heterocycles. The second-order valence-electron chi connectivity index (χ2n) is 6.21. The number of allylic oxidation sites excluding steroid dienone is 2. The van der Waals surface area contributed by atoms with E-state index in [1.807, 2.05) is 0 Å². The molecule has 0 radical (unpaired) electrons. The second-order valence-corrected chi connectivity index (χ2v) is 6.21. The average molecular weight is 336 g/mol. The molecule has 0 aromatic heterocycles. The van der Waals surface area contributed by atoms with E-state index in [1.165, 1.54) is 6.92 Å². The van der Waals surface area contributed by atoms with Crippen LogP contribution in [0.15, 0.2) is 23.8 Å². The number of unbranched alkanes of at least 4 members (excludes halogenated alkanes) is 6. The van der Waals surface area contributed by atoms with Crippen molar-refractivity contribution < 1.29 is 23.9 Å². The van der Waals surface area contributed by atoms with E-state index in [2.05, 4.69) is 4.74 Å². The zero-order chi connectivity index (χ0) is 17.8. The number of hydrogen-bond donors (Lipinski definition) is 0. The van der Waals surface area contributed by atoms with E-state index < -0.39 is 11.6 Å². The van der Waals surface area contributed by atoms with Crippen LogP contribution in [0.4, 0.5) is 0 Å². The number of esters is 1. The summed E-state index contributed by atoms with van der Waals surface area (Å²) < 4.78 is 10.0. The van der Waals surface area contributed by atoms with E-state index in [1.54, 1.807) is 25.2 Å². The maximum absolute atomic E-state index is 12.4. The summed E-state index contributed by atoms with van der Waals surface area (Å²) >= 11 is 0. The molecule has 0 bridgehead atoms. The van der Waals surface area contributed by atoms with Gasteiger partial charge in [-0.25, -0.2) is 0 Å². The minimum absolute atomic E-state index is 0.115. The van der Waals surface area contributed by atoms with Crippen molar-refractivity contribution in [2.75, 3.05) is 6.61 Å². The van der Waals surface area contributed by atoms with Gasteiger partial charge in [0.2, 0.25) is 5.78 Å². The van der Waals surface area contributed by atoms with Crippen molar-refractivity contribution in [3.8, 4) is 0 Å². The van der Waals surface area contributed by atoms with Gasteiger partial charge in [0, 0.05) is 6.92 Å². The summed E-state index contributed by atoms with van der Waals surface area (Å²) in [5.74, 6) is -0.546. The predicted octanol–water partition coefficient (Wildman–Crippen LogP) is 3.67. The number of carbonyl (C=O) groups excluding carboxylic acids is 3. The zero-order valence-corrected chi connectivity index (χ0v) is 14.7. The lowest BCUT2D eigenvalue weighted by molar-refractivity contribution is -0.159. The molecule has 0 heterocycles. The van der Waals surface area contributed by atoms with E-state index >= 15 is 0 Å². The molecule has 1 aliphatic carbocycles. The Balaban J connectivity index is 2.28. The van der Waals surface area contributed by atoms with Gasteiger partial charge in [0.15, 0.2) is 5.60 Å². The molecular formula is C19H28O5. The number of Topliss-reactive ketones (excluding diaryl/α,β-unsaturated/α-hetero) is 1. The molecule has 1 unspecified atom stereocenters. The quantitative estimate of drug-likeness (QED) is 0.309. The summed E-state index contributed by atoms with van der Waals surface area (Å²) in [6.07, 6.45) is 12.9. The van der Waals surface area contributed by atoms with Crippen LogP contribution in [0.1, 0.15) is 65.2 Å². The first-order valence-corrected chi connectivity index (χ1v) is 8.67. The number of ether oxygens (including phenoxy) is 2. The van der Waals surface area contributed by atoms with Crippen molar-refractivity contribution >= 4 is 18.2 Å². The summed E-state index contributed by atoms with van der Waals surface area (Å²) in [7, 11) is 0. The van der Waals surface area contributed by atoms with E-state index in [-0.39, 0.29) is 5.78 Å². The van der Waals surface area contributed by atoms with E-state index in [4.69, 9.17) is 4.74 Å². The van der Waals surface area contributed by atoms with Crippen molar-refractivity contribution in [2.45, 2.75) is 70.8 Å². The third-order valence-electron chi connectivity index (χ3n) is 4.16. The van der Waals surface area contributed by atoms with Gasteiger partial charge in [0.05, 0.1) is 6.61 Å². The first kappa shape index (κ1) is 20.1. The van der Waals surface area contributed by atoms with Gasteiger partial charge in [-0.3, -0.25) is 14.4 Å². The van der Waals surface area contributed by atoms with E-state index in [9.17, 15) is 14.4 Å². The highest BCUT2D eigenvalue weighted by molar-refractivity contribution is 6.05. The standard InChI is InChI=1S/C19H28O5/c1-16-11-10-13-19(18(16)22,24-17(2)21)12-8-6-4-3-5-7-9-14-23-15-20/h10-11,13,15H,3-9,12,14H2,1-2H3. The van der Waals surface area contributed by atoms with Crippen molar-refractivity contribution in [1.29, 1.82) is 0 Å². The first-order chi connectivity index (χ1) is 11.5. The van der Waals surface area contributed by atoms with Gasteiger partial charge in [-0.15, -0.1) is 0 Å². The fraction of sp³-hybridized carbons (Fsp3) is 0.632. The van der Waals surface area contributed by atoms with Crippen LogP contribution in [0.25, 0.3) is 0 Å². The maximum atomic E-state index is 12.4. The Bertz CT molecular complexity index is 492. The lowest BCUT2D eigenvalue weighted by Gasteiger charge is -2.30. The molecular weight excluding hydrogens is 308 g/mol. The zero-order valence-electron chi connectivity index (χ0n) is 14.7. The second kappa shape index (κ2) is 10.8. The molecule has 0 saturated heterocycles. The molecule has 0 saturated carbocycles. The Kier molecular flexibility index (Phi) is 9.05. The molecule has 0 aromatic rings. The van der Waals surface area contributed by atoms with Crippen LogP contribution in [-0.4, -0.2) is 30.4 Å². The number of ketones is 1. The van der Waals surface area contributed by atoms with Gasteiger partial charge in [-0.1, -0.05) is 44.3 Å². The highest BCUT2D eigenvalue weighted by Crippen LogP contribution is 2.29. The van der Waals surface area contributed by atoms with Crippen molar-refractivity contribution in [1.82, 2.24) is 0 Å². The normalized spacial score (nSPS) is 19.8. The summed E-state index contributed by atoms with van der Waals surface area (Å²) in [4.78, 5) is 33.8. The van der Waals surface area contributed by atoms with E-state index in [0.717, 1.165) is 44.9 Å². The highest BCUT2D eigenvalue weighted by atomic mass is 16.6. The minimum Gasteiger partial charge on any atom is -0.468 e. The number of rotatable bonds is 12. The average Bonchev–Trinajstić information content (AvgIpc) is 2.53. The maximum Gasteiger partial charge on any atom is 0.303 e. The van der Waals surface area contributed by atoms with Crippen molar-refractivity contribution in [3.05, 3.63) is 23.8 Å². The van der Waals surface area contributed by atoms with Crippen LogP contribution in [-0.2, 0) is 23.9 Å². The molecule has 5 nitrogen and oxygen atoms in total. The fourth-order valence-corrected chi connectivity index (χ4v) is 2.92. The van der Waals surface area contributed by atoms with Crippen LogP contribution < -0.4 is 0 Å². The van der Waals surface area contributed by atoms with E-state index in [0.29, 0.717) is 25.1 Å². The molecule has 1 rings (SSSR count). The van der Waals surface area contributed by atoms with Crippen molar-refractivity contribution in [3.63, 3.8) is 0 Å². The van der Waals surface area contributed by atoms with Crippen LogP contribution in [0.2, 0.25) is 0 Å². The first-order valence-electron chi connectivity index (χ1n) is 8.67. The van der Waals surface area contributed by atoms with Gasteiger partial charge < -0.3 is 9.47 Å². The molecule has 1 aliphatic rings. The summed E-state index contributed by atoms with van der Waals surface area (Å²) in [6.45, 7) is 4.07. The Morgan fingerprint density at radius 2 is 1.75 bits per heavy atom. The lowest BCUT2D eigenvalue weighted by Crippen LogP contribution is -2.42. The molecule has 5 heteroatoms. The molecule has 0 fully saturated rings. The molecule has 0 aromatic carbocycles. The smallest absolute Gasteiger partial charge is 0.303 e. The van der Waals surface area contributed by atoms with Crippen LogP contribution in [0, 0.1) is 0 Å². The topological polar surface area (TPSA) is 69.7 Å². The van der Waals surface area contributed by atoms with Crippen LogP contribution >= 0.6 is 0 Å². The fourth-order valence-electron chi connectivity index (χ4n) is 2.92. The number of carbonyl (C=O) groups is 3. The minimum atomic E-state index is -1.11. The molecule has 0 amide bonds. The summed E-state index contributed by atoms with van der Waals surface area (Å²) in [6, 6.07) is 0. The SMILES string of the molecule is CC(=O)OC1(CCCCCCCCCOC=O)C=CC=C(C)C1=O. The van der Waals surface area contributed by atoms with Gasteiger partial charge in [-0.05, 0) is 37.8 Å². The molecule has 0 N–H and O–H groups in total. The van der Waals surface area contributed by atoms with Gasteiger partial charge in [0.1, 0.15) is 0 Å². The van der Waals surface area contributed by atoms with Gasteiger partial charge in [0.25, 0.3) is 6.47 Å². The molecule has 134 valence electrons. The Morgan fingerprint density at radius 1 is 1.12 bits per heavy atom.